The normalized spacial score (nSPS) is 10.7. The fraction of sp³-hybridized carbons (Fsp3) is 0.174. The molecule has 0 spiro atoms. The summed E-state index contributed by atoms with van der Waals surface area (Å²) in [7, 11) is 3.05. The number of aromatic nitrogens is 2. The van der Waals surface area contributed by atoms with E-state index >= 15 is 0 Å². The van der Waals surface area contributed by atoms with Gasteiger partial charge in [0, 0.05) is 23.4 Å². The van der Waals surface area contributed by atoms with Crippen molar-refractivity contribution in [3.8, 4) is 17.2 Å². The molecule has 0 aliphatic heterocycles. The van der Waals surface area contributed by atoms with Crippen LogP contribution in [0.15, 0.2) is 63.9 Å². The van der Waals surface area contributed by atoms with Crippen molar-refractivity contribution < 1.29 is 23.5 Å². The van der Waals surface area contributed by atoms with Crippen LogP contribution in [0.3, 0.4) is 0 Å². The number of hydrogen-bond acceptors (Lipinski definition) is 7. The van der Waals surface area contributed by atoms with Crippen molar-refractivity contribution in [3.05, 3.63) is 82.0 Å². The summed E-state index contributed by atoms with van der Waals surface area (Å²) in [5, 5.41) is 2.82. The number of rotatable bonds is 7. The van der Waals surface area contributed by atoms with Crippen LogP contribution < -0.4 is 25.1 Å². The molecule has 0 radical (unpaired) electrons. The number of nitrogens with zero attached hydrogens (tertiary/aromatic N) is 2. The SMILES string of the molecule is COc1ccc(C(=O)Nc2ccc(OCc3cc(=O)n4oc(C)cc4n3)cc2)cc1OC. The average Bonchev–Trinajstić information content (AvgIpc) is 3.19. The summed E-state index contributed by atoms with van der Waals surface area (Å²) in [5.41, 5.74) is 1.65. The van der Waals surface area contributed by atoms with Gasteiger partial charge in [-0.15, -0.1) is 4.57 Å². The molecule has 0 atom stereocenters. The number of anilines is 1. The lowest BCUT2D eigenvalue weighted by atomic mass is 10.2. The fourth-order valence-corrected chi connectivity index (χ4v) is 3.12. The van der Waals surface area contributed by atoms with Crippen molar-refractivity contribution in [2.24, 2.45) is 0 Å². The monoisotopic (exact) mass is 435 g/mol. The maximum absolute atomic E-state index is 12.5. The van der Waals surface area contributed by atoms with Gasteiger partial charge in [-0.3, -0.25) is 9.59 Å². The molecule has 2 aromatic carbocycles. The van der Waals surface area contributed by atoms with Gasteiger partial charge in [0.1, 0.15) is 18.1 Å². The van der Waals surface area contributed by atoms with Crippen LogP contribution in [0, 0.1) is 6.92 Å². The first-order valence-electron chi connectivity index (χ1n) is 9.72. The Hall–Kier alpha value is -4.27. The zero-order valence-electron chi connectivity index (χ0n) is 17.7. The van der Waals surface area contributed by atoms with Crippen molar-refractivity contribution in [1.29, 1.82) is 0 Å². The molecule has 9 nitrogen and oxygen atoms in total. The van der Waals surface area contributed by atoms with Gasteiger partial charge < -0.3 is 24.1 Å². The molecule has 2 aromatic heterocycles. The molecule has 2 heterocycles. The summed E-state index contributed by atoms with van der Waals surface area (Å²) in [4.78, 5) is 29.0. The zero-order valence-corrected chi connectivity index (χ0v) is 17.7. The highest BCUT2D eigenvalue weighted by Crippen LogP contribution is 2.28. The van der Waals surface area contributed by atoms with Gasteiger partial charge in [-0.25, -0.2) is 4.98 Å². The lowest BCUT2D eigenvalue weighted by molar-refractivity contribution is 0.102. The molecule has 0 bridgehead atoms. The minimum Gasteiger partial charge on any atom is -0.493 e. The number of aryl methyl sites for hydroxylation is 1. The molecular formula is C23H21N3O6. The Balaban J connectivity index is 1.40. The summed E-state index contributed by atoms with van der Waals surface area (Å²) in [5.74, 6) is 1.90. The highest BCUT2D eigenvalue weighted by molar-refractivity contribution is 6.04. The second kappa shape index (κ2) is 8.84. The molecule has 164 valence electrons. The summed E-state index contributed by atoms with van der Waals surface area (Å²) < 4.78 is 22.5. The largest absolute Gasteiger partial charge is 0.493 e. The molecule has 0 aliphatic rings. The third kappa shape index (κ3) is 4.41. The molecule has 0 saturated carbocycles. The number of nitrogens with one attached hydrogen (secondary N) is 1. The number of methoxy groups -OCH3 is 2. The first-order chi connectivity index (χ1) is 15.5. The predicted molar refractivity (Wildman–Crippen MR) is 117 cm³/mol. The van der Waals surface area contributed by atoms with E-state index in [-0.39, 0.29) is 18.1 Å². The summed E-state index contributed by atoms with van der Waals surface area (Å²) in [6, 6.07) is 14.9. The van der Waals surface area contributed by atoms with Crippen molar-refractivity contribution in [2.75, 3.05) is 19.5 Å². The molecule has 32 heavy (non-hydrogen) atoms. The molecule has 0 fully saturated rings. The minimum atomic E-state index is -0.310. The second-order valence-electron chi connectivity index (χ2n) is 6.92. The molecule has 9 heteroatoms. The van der Waals surface area contributed by atoms with Gasteiger partial charge >= 0.3 is 0 Å². The van der Waals surface area contributed by atoms with Gasteiger partial charge in [-0.2, -0.15) is 0 Å². The molecule has 0 saturated heterocycles. The van der Waals surface area contributed by atoms with E-state index in [1.807, 2.05) is 0 Å². The van der Waals surface area contributed by atoms with Crippen LogP contribution in [0.5, 0.6) is 17.2 Å². The van der Waals surface area contributed by atoms with E-state index in [1.54, 1.807) is 55.5 Å². The Kier molecular flexibility index (Phi) is 5.80. The van der Waals surface area contributed by atoms with E-state index in [4.69, 9.17) is 18.7 Å². The molecule has 1 amide bonds. The Bertz CT molecular complexity index is 1320. The molecular weight excluding hydrogens is 414 g/mol. The minimum absolute atomic E-state index is 0.118. The molecule has 4 aromatic rings. The van der Waals surface area contributed by atoms with Gasteiger partial charge in [-0.1, -0.05) is 0 Å². The number of benzene rings is 2. The van der Waals surface area contributed by atoms with Gasteiger partial charge in [0.05, 0.1) is 19.9 Å². The van der Waals surface area contributed by atoms with Gasteiger partial charge in [0.15, 0.2) is 17.1 Å². The van der Waals surface area contributed by atoms with Crippen molar-refractivity contribution in [1.82, 2.24) is 9.56 Å². The number of carbonyl (C=O) groups excluding carboxylic acids is 1. The quantitative estimate of drug-likeness (QED) is 0.474. The second-order valence-corrected chi connectivity index (χ2v) is 6.92. The first kappa shape index (κ1) is 21.0. The molecule has 0 unspecified atom stereocenters. The fourth-order valence-electron chi connectivity index (χ4n) is 3.12. The third-order valence-electron chi connectivity index (χ3n) is 4.67. The van der Waals surface area contributed by atoms with Crippen molar-refractivity contribution in [3.63, 3.8) is 0 Å². The Morgan fingerprint density at radius 3 is 2.50 bits per heavy atom. The van der Waals surface area contributed by atoms with Crippen LogP contribution in [-0.2, 0) is 6.61 Å². The van der Waals surface area contributed by atoms with Crippen LogP contribution in [0.25, 0.3) is 5.65 Å². The van der Waals surface area contributed by atoms with Crippen molar-refractivity contribution in [2.45, 2.75) is 13.5 Å². The third-order valence-corrected chi connectivity index (χ3v) is 4.67. The van der Waals surface area contributed by atoms with Gasteiger partial charge in [0.25, 0.3) is 11.5 Å². The van der Waals surface area contributed by atoms with Gasteiger partial charge in [-0.05, 0) is 49.4 Å². The van der Waals surface area contributed by atoms with Crippen LogP contribution in [0.2, 0.25) is 0 Å². The van der Waals surface area contributed by atoms with E-state index in [0.717, 1.165) is 4.57 Å². The van der Waals surface area contributed by atoms with E-state index in [1.165, 1.54) is 20.3 Å². The molecule has 4 rings (SSSR count). The van der Waals surface area contributed by atoms with Crippen LogP contribution in [0.1, 0.15) is 21.8 Å². The zero-order chi connectivity index (χ0) is 22.7. The van der Waals surface area contributed by atoms with E-state index in [9.17, 15) is 9.59 Å². The van der Waals surface area contributed by atoms with Crippen LogP contribution in [-0.4, -0.2) is 29.7 Å². The van der Waals surface area contributed by atoms with E-state index in [2.05, 4.69) is 10.3 Å². The number of ether oxygens (including phenoxy) is 3. The Morgan fingerprint density at radius 1 is 1.03 bits per heavy atom. The van der Waals surface area contributed by atoms with E-state index < -0.39 is 0 Å². The number of fused-ring (bicyclic) bond motifs is 1. The molecule has 1 N–H and O–H groups in total. The highest BCUT2D eigenvalue weighted by Gasteiger charge is 2.11. The first-order valence-corrected chi connectivity index (χ1v) is 9.72. The Morgan fingerprint density at radius 2 is 1.78 bits per heavy atom. The number of carbonyl (C=O) groups is 1. The number of amides is 1. The van der Waals surface area contributed by atoms with Crippen LogP contribution >= 0.6 is 0 Å². The van der Waals surface area contributed by atoms with Crippen molar-refractivity contribution >= 4 is 17.2 Å². The maximum atomic E-state index is 12.5. The molecule has 0 aliphatic carbocycles. The highest BCUT2D eigenvalue weighted by atomic mass is 16.5. The number of hydrogen-bond donors (Lipinski definition) is 1. The predicted octanol–water partition coefficient (Wildman–Crippen LogP) is 3.44. The standard InChI is InChI=1S/C23H21N3O6/c1-14-10-21-24-17(12-22(27)26(21)32-14)13-31-18-7-5-16(6-8-18)25-23(28)15-4-9-19(29-2)20(11-15)30-3/h4-12H,13H2,1-3H3,(H,25,28). The van der Waals surface area contributed by atoms with Crippen LogP contribution in [0.4, 0.5) is 5.69 Å². The topological polar surface area (TPSA) is 104 Å². The van der Waals surface area contributed by atoms with Gasteiger partial charge in [0.2, 0.25) is 0 Å². The summed E-state index contributed by atoms with van der Waals surface area (Å²) >= 11 is 0. The average molecular weight is 435 g/mol. The maximum Gasteiger partial charge on any atom is 0.287 e. The van der Waals surface area contributed by atoms with E-state index in [0.29, 0.717) is 45.6 Å². The smallest absolute Gasteiger partial charge is 0.287 e. The Labute approximate surface area is 183 Å². The lowest BCUT2D eigenvalue weighted by Crippen LogP contribution is -2.14. The summed E-state index contributed by atoms with van der Waals surface area (Å²) in [6.45, 7) is 1.86. The lowest BCUT2D eigenvalue weighted by Gasteiger charge is -2.11. The summed E-state index contributed by atoms with van der Waals surface area (Å²) in [6.07, 6.45) is 0.